The fraction of sp³-hybridized carbons (Fsp3) is 0.389. The molecule has 10 nitrogen and oxygen atoms in total. The largest absolute Gasteiger partial charge is 0.364 e. The van der Waals surface area contributed by atoms with E-state index in [1.807, 2.05) is 4.90 Å². The van der Waals surface area contributed by atoms with Gasteiger partial charge in [0.15, 0.2) is 5.96 Å². The van der Waals surface area contributed by atoms with E-state index < -0.39 is 10.0 Å². The zero-order valence-corrected chi connectivity index (χ0v) is 17.2. The van der Waals surface area contributed by atoms with Gasteiger partial charge in [-0.15, -0.1) is 0 Å². The average molecular weight is 438 g/mol. The third-order valence-electron chi connectivity index (χ3n) is 4.50. The fourth-order valence-electron chi connectivity index (χ4n) is 3.00. The summed E-state index contributed by atoms with van der Waals surface area (Å²) in [6.45, 7) is 1.41. The van der Waals surface area contributed by atoms with E-state index in [4.69, 9.17) is 0 Å². The lowest BCUT2D eigenvalue weighted by Crippen LogP contribution is -2.54. The Balaban J connectivity index is 1.47. The van der Waals surface area contributed by atoms with E-state index in [0.717, 1.165) is 0 Å². The third kappa shape index (κ3) is 5.76. The van der Waals surface area contributed by atoms with E-state index in [9.17, 15) is 17.6 Å². The molecule has 0 bridgehead atoms. The Labute approximate surface area is 173 Å². The van der Waals surface area contributed by atoms with Gasteiger partial charge < -0.3 is 20.1 Å². The number of guanidine groups is 1. The molecule has 1 aromatic heterocycles. The van der Waals surface area contributed by atoms with Crippen LogP contribution in [0.1, 0.15) is 5.69 Å². The molecular formula is C18H23FN6O4S. The minimum Gasteiger partial charge on any atom is -0.364 e. The van der Waals surface area contributed by atoms with Crippen molar-refractivity contribution in [1.29, 1.82) is 0 Å². The van der Waals surface area contributed by atoms with Crippen molar-refractivity contribution >= 4 is 27.6 Å². The first kappa shape index (κ1) is 21.7. The van der Waals surface area contributed by atoms with Crippen LogP contribution in [-0.4, -0.2) is 74.4 Å². The molecule has 1 saturated heterocycles. The summed E-state index contributed by atoms with van der Waals surface area (Å²) in [5, 5.41) is 9.27. The van der Waals surface area contributed by atoms with Crippen LogP contribution in [-0.2, 0) is 20.6 Å². The maximum atomic E-state index is 12.9. The first-order valence-corrected chi connectivity index (χ1v) is 10.9. The molecule has 1 aromatic carbocycles. The number of hydrogen-bond donors (Lipinski definition) is 2. The van der Waals surface area contributed by atoms with Gasteiger partial charge in [0.1, 0.15) is 17.8 Å². The van der Waals surface area contributed by atoms with E-state index in [-0.39, 0.29) is 24.0 Å². The molecule has 12 heteroatoms. The molecule has 1 aliphatic heterocycles. The second kappa shape index (κ2) is 9.67. The van der Waals surface area contributed by atoms with Crippen LogP contribution in [0.15, 0.2) is 46.1 Å². The van der Waals surface area contributed by atoms with Gasteiger partial charge in [-0.2, -0.15) is 4.31 Å². The van der Waals surface area contributed by atoms with E-state index in [2.05, 4.69) is 25.3 Å². The number of sulfonamides is 1. The van der Waals surface area contributed by atoms with E-state index >= 15 is 0 Å². The number of carbonyl (C=O) groups excluding carboxylic acids is 1. The summed E-state index contributed by atoms with van der Waals surface area (Å²) < 4.78 is 44.0. The van der Waals surface area contributed by atoms with Gasteiger partial charge in [-0.3, -0.25) is 9.79 Å². The molecule has 2 aromatic rings. The van der Waals surface area contributed by atoms with Gasteiger partial charge in [0.2, 0.25) is 15.9 Å². The number of halogens is 1. The number of piperazine rings is 1. The van der Waals surface area contributed by atoms with Crippen LogP contribution in [0, 0.1) is 5.82 Å². The van der Waals surface area contributed by atoms with Gasteiger partial charge in [0.05, 0.1) is 12.2 Å². The second-order valence-electron chi connectivity index (χ2n) is 6.59. The highest BCUT2D eigenvalue weighted by molar-refractivity contribution is 7.88. The van der Waals surface area contributed by atoms with Crippen molar-refractivity contribution in [3.63, 3.8) is 0 Å². The van der Waals surface area contributed by atoms with Crippen molar-refractivity contribution in [2.75, 3.05) is 45.1 Å². The van der Waals surface area contributed by atoms with Crippen LogP contribution in [0.5, 0.6) is 0 Å². The highest BCUT2D eigenvalue weighted by atomic mass is 32.2. The number of aliphatic imine (C=N–C) groups is 1. The fourth-order valence-corrected chi connectivity index (χ4v) is 4.42. The van der Waals surface area contributed by atoms with Gasteiger partial charge in [-0.05, 0) is 24.3 Å². The van der Waals surface area contributed by atoms with Crippen molar-refractivity contribution in [2.24, 2.45) is 4.99 Å². The predicted molar refractivity (Wildman–Crippen MR) is 109 cm³/mol. The van der Waals surface area contributed by atoms with Crippen LogP contribution in [0.25, 0.3) is 0 Å². The number of anilines is 1. The van der Waals surface area contributed by atoms with E-state index in [0.29, 0.717) is 43.5 Å². The van der Waals surface area contributed by atoms with Crippen molar-refractivity contribution in [3.05, 3.63) is 48.1 Å². The summed E-state index contributed by atoms with van der Waals surface area (Å²) in [7, 11) is -1.90. The molecule has 0 radical (unpaired) electrons. The molecular weight excluding hydrogens is 415 g/mol. The molecule has 3 rings (SSSR count). The van der Waals surface area contributed by atoms with Crippen molar-refractivity contribution in [2.45, 2.75) is 5.75 Å². The topological polar surface area (TPSA) is 120 Å². The SMILES string of the molecule is CN=C(NCC(=O)Nc1ccc(F)cc1)N1CCN(S(=O)(=O)Cc2ccon2)CC1. The summed E-state index contributed by atoms with van der Waals surface area (Å²) in [4.78, 5) is 18.1. The number of nitrogens with one attached hydrogen (secondary N) is 2. The Morgan fingerprint density at radius 2 is 1.90 bits per heavy atom. The first-order valence-electron chi connectivity index (χ1n) is 9.25. The van der Waals surface area contributed by atoms with Crippen LogP contribution < -0.4 is 10.6 Å². The molecule has 1 fully saturated rings. The molecule has 162 valence electrons. The second-order valence-corrected chi connectivity index (χ2v) is 8.56. The van der Waals surface area contributed by atoms with Gasteiger partial charge >= 0.3 is 0 Å². The molecule has 1 amide bonds. The highest BCUT2D eigenvalue weighted by Gasteiger charge is 2.29. The summed E-state index contributed by atoms with van der Waals surface area (Å²) in [6, 6.07) is 6.99. The Hall–Kier alpha value is -2.99. The Kier molecular flexibility index (Phi) is 7.00. The maximum absolute atomic E-state index is 12.9. The van der Waals surface area contributed by atoms with Gasteiger partial charge in [0, 0.05) is 45.0 Å². The van der Waals surface area contributed by atoms with Gasteiger partial charge in [-0.25, -0.2) is 12.8 Å². The molecule has 2 N–H and O–H groups in total. The smallest absolute Gasteiger partial charge is 0.243 e. The molecule has 2 heterocycles. The highest BCUT2D eigenvalue weighted by Crippen LogP contribution is 2.13. The van der Waals surface area contributed by atoms with Crippen molar-refractivity contribution in [3.8, 4) is 0 Å². The number of carbonyl (C=O) groups is 1. The van der Waals surface area contributed by atoms with Gasteiger partial charge in [0.25, 0.3) is 0 Å². The predicted octanol–water partition coefficient (Wildman–Crippen LogP) is 0.475. The molecule has 1 aliphatic rings. The summed E-state index contributed by atoms with van der Waals surface area (Å²) in [5.74, 6) is -0.400. The standard InChI is InChI=1S/C18H23FN6O4S/c1-20-18(21-12-17(26)22-15-4-2-14(19)3-5-15)24-7-9-25(10-8-24)30(27,28)13-16-6-11-29-23-16/h2-6,11H,7-10,12-13H2,1H3,(H,20,21)(H,22,26). The Bertz CT molecular complexity index is 971. The minimum atomic E-state index is -3.49. The number of benzene rings is 1. The summed E-state index contributed by atoms with van der Waals surface area (Å²) in [6.07, 6.45) is 1.34. The van der Waals surface area contributed by atoms with Crippen LogP contribution >= 0.6 is 0 Å². The summed E-state index contributed by atoms with van der Waals surface area (Å²) >= 11 is 0. The number of rotatable bonds is 6. The molecule has 30 heavy (non-hydrogen) atoms. The van der Waals surface area contributed by atoms with E-state index in [1.165, 1.54) is 40.9 Å². The average Bonchev–Trinajstić information content (AvgIpc) is 3.23. The zero-order chi connectivity index (χ0) is 21.6. The van der Waals surface area contributed by atoms with Crippen molar-refractivity contribution < 1.29 is 22.1 Å². The van der Waals surface area contributed by atoms with E-state index in [1.54, 1.807) is 7.05 Å². The molecule has 0 atom stereocenters. The van der Waals surface area contributed by atoms with Crippen LogP contribution in [0.2, 0.25) is 0 Å². The Morgan fingerprint density at radius 1 is 1.20 bits per heavy atom. The lowest BCUT2D eigenvalue weighted by Gasteiger charge is -2.35. The quantitative estimate of drug-likeness (QED) is 0.497. The number of hydrogen-bond acceptors (Lipinski definition) is 6. The number of aromatic nitrogens is 1. The third-order valence-corrected chi connectivity index (χ3v) is 6.31. The zero-order valence-electron chi connectivity index (χ0n) is 16.4. The maximum Gasteiger partial charge on any atom is 0.243 e. The minimum absolute atomic E-state index is 0.0330. The normalized spacial score (nSPS) is 15.8. The van der Waals surface area contributed by atoms with Crippen LogP contribution in [0.3, 0.4) is 0 Å². The van der Waals surface area contributed by atoms with Gasteiger partial charge in [-0.1, -0.05) is 5.16 Å². The monoisotopic (exact) mass is 438 g/mol. The van der Waals surface area contributed by atoms with Crippen LogP contribution in [0.4, 0.5) is 10.1 Å². The van der Waals surface area contributed by atoms with Crippen molar-refractivity contribution in [1.82, 2.24) is 19.7 Å². The molecule has 0 spiro atoms. The lowest BCUT2D eigenvalue weighted by molar-refractivity contribution is -0.115. The number of nitrogens with zero attached hydrogens (tertiary/aromatic N) is 4. The molecule has 0 aliphatic carbocycles. The Morgan fingerprint density at radius 3 is 2.50 bits per heavy atom. The number of amides is 1. The lowest BCUT2D eigenvalue weighted by atomic mass is 10.3. The summed E-state index contributed by atoms with van der Waals surface area (Å²) in [5.41, 5.74) is 0.853. The molecule has 0 unspecified atom stereocenters. The molecule has 0 saturated carbocycles. The first-order chi connectivity index (χ1) is 14.4.